The van der Waals surface area contributed by atoms with Gasteiger partial charge in [-0.05, 0) is 32.2 Å². The first-order valence-corrected chi connectivity index (χ1v) is 8.83. The van der Waals surface area contributed by atoms with Crippen LogP contribution in [0.25, 0.3) is 0 Å². The smallest absolute Gasteiger partial charge is 0.254 e. The van der Waals surface area contributed by atoms with Crippen molar-refractivity contribution in [3.05, 3.63) is 11.2 Å². The largest absolute Gasteiger partial charge is 0.330 e. The van der Waals surface area contributed by atoms with E-state index in [4.69, 9.17) is 5.73 Å². The fourth-order valence-electron chi connectivity index (χ4n) is 2.72. The summed E-state index contributed by atoms with van der Waals surface area (Å²) in [6, 6.07) is 0.0196. The summed E-state index contributed by atoms with van der Waals surface area (Å²) in [5.41, 5.74) is 5.79. The molecule has 19 heavy (non-hydrogen) atoms. The molecule has 0 bridgehead atoms. The van der Waals surface area contributed by atoms with Gasteiger partial charge in [0.05, 0.1) is 11.2 Å². The molecule has 1 aromatic heterocycles. The predicted octanol–water partition coefficient (Wildman–Crippen LogP) is 1.59. The van der Waals surface area contributed by atoms with Crippen molar-refractivity contribution in [2.75, 3.05) is 13.6 Å². The van der Waals surface area contributed by atoms with Gasteiger partial charge in [-0.15, -0.1) is 11.3 Å². The minimum absolute atomic E-state index is 0.0196. The summed E-state index contributed by atoms with van der Waals surface area (Å²) in [5, 5.41) is 0.769. The first-order valence-electron chi connectivity index (χ1n) is 6.57. The Morgan fingerprint density at radius 2 is 2.16 bits per heavy atom. The van der Waals surface area contributed by atoms with Crippen LogP contribution in [0.5, 0.6) is 0 Å². The molecule has 108 valence electrons. The van der Waals surface area contributed by atoms with E-state index >= 15 is 0 Å². The lowest BCUT2D eigenvalue weighted by molar-refractivity contribution is 0.204. The molecular formula is C12H21N3O2S2. The van der Waals surface area contributed by atoms with Crippen LogP contribution in [0.3, 0.4) is 0 Å². The minimum atomic E-state index is -3.43. The van der Waals surface area contributed by atoms with E-state index in [1.807, 2.05) is 6.92 Å². The fourth-order valence-corrected chi connectivity index (χ4v) is 5.46. The maximum absolute atomic E-state index is 12.6. The fraction of sp³-hybridized carbons (Fsp3) is 0.750. The van der Waals surface area contributed by atoms with Crippen LogP contribution in [0.1, 0.15) is 30.7 Å². The van der Waals surface area contributed by atoms with Crippen molar-refractivity contribution in [2.24, 2.45) is 11.7 Å². The number of hydrogen-bond donors (Lipinski definition) is 1. The van der Waals surface area contributed by atoms with E-state index in [2.05, 4.69) is 4.98 Å². The highest BCUT2D eigenvalue weighted by Gasteiger charge is 2.35. The van der Waals surface area contributed by atoms with Crippen molar-refractivity contribution in [2.45, 2.75) is 42.9 Å². The molecule has 1 aliphatic carbocycles. The second kappa shape index (κ2) is 5.87. The van der Waals surface area contributed by atoms with E-state index in [1.165, 1.54) is 21.8 Å². The average molecular weight is 303 g/mol. The molecule has 0 radical (unpaired) electrons. The molecule has 2 atom stereocenters. The standard InChI is InChI=1S/C12H21N3O2S2/c1-9-14-8-12(18-9)19(16,17)15(2)11-6-4-3-5-10(11)7-13/h8,10-11H,3-7,13H2,1-2H3. The van der Waals surface area contributed by atoms with Crippen molar-refractivity contribution in [1.29, 1.82) is 0 Å². The highest BCUT2D eigenvalue weighted by atomic mass is 32.2. The quantitative estimate of drug-likeness (QED) is 0.916. The van der Waals surface area contributed by atoms with E-state index in [0.717, 1.165) is 30.7 Å². The van der Waals surface area contributed by atoms with E-state index in [0.29, 0.717) is 10.8 Å². The minimum Gasteiger partial charge on any atom is -0.330 e. The van der Waals surface area contributed by atoms with Crippen molar-refractivity contribution in [3.8, 4) is 0 Å². The van der Waals surface area contributed by atoms with E-state index in [-0.39, 0.29) is 12.0 Å². The molecule has 0 saturated heterocycles. The van der Waals surface area contributed by atoms with Gasteiger partial charge in [-0.25, -0.2) is 13.4 Å². The molecule has 0 aliphatic heterocycles. The highest BCUT2D eigenvalue weighted by molar-refractivity contribution is 7.91. The average Bonchev–Trinajstić information content (AvgIpc) is 2.85. The van der Waals surface area contributed by atoms with Crippen LogP contribution in [0, 0.1) is 12.8 Å². The van der Waals surface area contributed by atoms with Crippen LogP contribution >= 0.6 is 11.3 Å². The van der Waals surface area contributed by atoms with Crippen molar-refractivity contribution < 1.29 is 8.42 Å². The SMILES string of the molecule is Cc1ncc(S(=O)(=O)N(C)C2CCCCC2CN)s1. The van der Waals surface area contributed by atoms with Gasteiger partial charge in [0.25, 0.3) is 10.0 Å². The molecule has 2 rings (SSSR count). The van der Waals surface area contributed by atoms with Crippen molar-refractivity contribution in [1.82, 2.24) is 9.29 Å². The maximum Gasteiger partial charge on any atom is 0.254 e. The van der Waals surface area contributed by atoms with Crippen LogP contribution < -0.4 is 5.73 Å². The summed E-state index contributed by atoms with van der Waals surface area (Å²) in [5.74, 6) is 0.266. The second-order valence-electron chi connectivity index (χ2n) is 5.07. The molecule has 2 N–H and O–H groups in total. The van der Waals surface area contributed by atoms with Crippen LogP contribution in [-0.4, -0.2) is 37.3 Å². The molecule has 5 nitrogen and oxygen atoms in total. The maximum atomic E-state index is 12.6. The third kappa shape index (κ3) is 2.99. The molecule has 0 spiro atoms. The third-order valence-electron chi connectivity index (χ3n) is 3.87. The van der Waals surface area contributed by atoms with E-state index in [1.54, 1.807) is 7.05 Å². The molecule has 0 amide bonds. The van der Waals surface area contributed by atoms with Crippen LogP contribution in [0.4, 0.5) is 0 Å². The van der Waals surface area contributed by atoms with Crippen LogP contribution in [0.2, 0.25) is 0 Å². The molecule has 1 saturated carbocycles. The molecule has 1 fully saturated rings. The normalized spacial score (nSPS) is 24.8. The summed E-state index contributed by atoms with van der Waals surface area (Å²) in [7, 11) is -1.76. The summed E-state index contributed by atoms with van der Waals surface area (Å²) >= 11 is 1.22. The summed E-state index contributed by atoms with van der Waals surface area (Å²) < 4.78 is 27.0. The number of nitrogens with zero attached hydrogens (tertiary/aromatic N) is 2. The van der Waals surface area contributed by atoms with Gasteiger partial charge < -0.3 is 5.73 Å². The summed E-state index contributed by atoms with van der Waals surface area (Å²) in [4.78, 5) is 4.04. The second-order valence-corrected chi connectivity index (χ2v) is 8.53. The Labute approximate surface area is 118 Å². The van der Waals surface area contributed by atoms with Gasteiger partial charge in [-0.3, -0.25) is 0 Å². The lowest BCUT2D eigenvalue weighted by atomic mass is 9.85. The molecule has 1 aliphatic rings. The Balaban J connectivity index is 2.24. The van der Waals surface area contributed by atoms with Gasteiger partial charge in [0.1, 0.15) is 0 Å². The van der Waals surface area contributed by atoms with E-state index < -0.39 is 10.0 Å². The summed E-state index contributed by atoms with van der Waals surface area (Å²) in [6.45, 7) is 2.36. The molecule has 1 aromatic rings. The van der Waals surface area contributed by atoms with Crippen LogP contribution in [-0.2, 0) is 10.0 Å². The number of aryl methyl sites for hydroxylation is 1. The molecule has 1 heterocycles. The Hall–Kier alpha value is -0.500. The highest BCUT2D eigenvalue weighted by Crippen LogP contribution is 2.31. The zero-order chi connectivity index (χ0) is 14.0. The first kappa shape index (κ1) is 14.9. The Bertz CT molecular complexity index is 527. The summed E-state index contributed by atoms with van der Waals surface area (Å²) in [6.07, 6.45) is 5.58. The van der Waals surface area contributed by atoms with Crippen LogP contribution in [0.15, 0.2) is 10.4 Å². The molecule has 7 heteroatoms. The van der Waals surface area contributed by atoms with Gasteiger partial charge in [0.15, 0.2) is 4.21 Å². The molecule has 0 aromatic carbocycles. The van der Waals surface area contributed by atoms with Gasteiger partial charge in [-0.1, -0.05) is 12.8 Å². The molecule has 2 unspecified atom stereocenters. The zero-order valence-corrected chi connectivity index (χ0v) is 13.0. The van der Waals surface area contributed by atoms with Crippen molar-refractivity contribution in [3.63, 3.8) is 0 Å². The number of hydrogen-bond acceptors (Lipinski definition) is 5. The number of nitrogens with two attached hydrogens (primary N) is 1. The monoisotopic (exact) mass is 303 g/mol. The lowest BCUT2D eigenvalue weighted by Gasteiger charge is -2.36. The third-order valence-corrected chi connectivity index (χ3v) is 7.10. The first-order chi connectivity index (χ1) is 8.96. The zero-order valence-electron chi connectivity index (χ0n) is 11.4. The number of rotatable bonds is 4. The molecular weight excluding hydrogens is 282 g/mol. The Morgan fingerprint density at radius 3 is 2.74 bits per heavy atom. The Morgan fingerprint density at radius 1 is 1.47 bits per heavy atom. The Kier molecular flexibility index (Phi) is 4.60. The van der Waals surface area contributed by atoms with Gasteiger partial charge in [0.2, 0.25) is 0 Å². The van der Waals surface area contributed by atoms with Gasteiger partial charge in [0, 0.05) is 13.1 Å². The van der Waals surface area contributed by atoms with E-state index in [9.17, 15) is 8.42 Å². The van der Waals surface area contributed by atoms with Crippen molar-refractivity contribution >= 4 is 21.4 Å². The van der Waals surface area contributed by atoms with Gasteiger partial charge in [-0.2, -0.15) is 4.31 Å². The number of aromatic nitrogens is 1. The lowest BCUT2D eigenvalue weighted by Crippen LogP contribution is -2.45. The topological polar surface area (TPSA) is 76.3 Å². The predicted molar refractivity (Wildman–Crippen MR) is 76.6 cm³/mol. The number of sulfonamides is 1. The van der Waals surface area contributed by atoms with Gasteiger partial charge >= 0.3 is 0 Å². The number of thiazole rings is 1.